The molecule has 1 aliphatic heterocycles. The molecule has 37 heavy (non-hydrogen) atoms. The maximum absolute atomic E-state index is 13.2. The lowest BCUT2D eigenvalue weighted by molar-refractivity contribution is -0.128. The molecule has 7 heteroatoms. The third-order valence-corrected chi connectivity index (χ3v) is 7.03. The lowest BCUT2D eigenvalue weighted by Gasteiger charge is -2.22. The maximum atomic E-state index is 13.2. The summed E-state index contributed by atoms with van der Waals surface area (Å²) in [7, 11) is 3.25. The van der Waals surface area contributed by atoms with E-state index in [4.69, 9.17) is 9.47 Å². The van der Waals surface area contributed by atoms with Crippen molar-refractivity contribution < 1.29 is 19.1 Å². The zero-order chi connectivity index (χ0) is 25.8. The number of ether oxygens (including phenoxy) is 2. The van der Waals surface area contributed by atoms with Crippen molar-refractivity contribution >= 4 is 22.7 Å². The van der Waals surface area contributed by atoms with Crippen LogP contribution in [0, 0.1) is 0 Å². The van der Waals surface area contributed by atoms with E-state index in [1.54, 1.807) is 14.2 Å². The normalized spacial score (nSPS) is 14.1. The summed E-state index contributed by atoms with van der Waals surface area (Å²) >= 11 is 0. The molecule has 4 aromatic rings. The van der Waals surface area contributed by atoms with Crippen molar-refractivity contribution in [3.8, 4) is 11.5 Å². The van der Waals surface area contributed by atoms with Gasteiger partial charge in [0.05, 0.1) is 14.2 Å². The van der Waals surface area contributed by atoms with Crippen LogP contribution in [0.5, 0.6) is 11.5 Å². The van der Waals surface area contributed by atoms with Gasteiger partial charge in [0.2, 0.25) is 5.91 Å². The Kier molecular flexibility index (Phi) is 7.12. The van der Waals surface area contributed by atoms with Crippen molar-refractivity contribution in [1.29, 1.82) is 0 Å². The molecular formula is C30H31N3O4. The van der Waals surface area contributed by atoms with Crippen LogP contribution >= 0.6 is 0 Å². The molecule has 1 unspecified atom stereocenters. The molecule has 0 bridgehead atoms. The number of nitrogens with zero attached hydrogens (tertiary/aromatic N) is 1. The Morgan fingerprint density at radius 2 is 1.81 bits per heavy atom. The number of carbonyl (C=O) groups excluding carboxylic acids is 2. The summed E-state index contributed by atoms with van der Waals surface area (Å²) in [6, 6.07) is 21.4. The van der Waals surface area contributed by atoms with Crippen LogP contribution in [0.25, 0.3) is 10.9 Å². The first kappa shape index (κ1) is 24.4. The lowest BCUT2D eigenvalue weighted by atomic mass is 9.89. The summed E-state index contributed by atoms with van der Waals surface area (Å²) in [5, 5.41) is 4.22. The quantitative estimate of drug-likeness (QED) is 0.346. The zero-order valence-corrected chi connectivity index (χ0v) is 21.1. The number of nitrogens with one attached hydrogen (secondary N) is 2. The van der Waals surface area contributed by atoms with Gasteiger partial charge < -0.3 is 24.7 Å². The van der Waals surface area contributed by atoms with Gasteiger partial charge >= 0.3 is 0 Å². The number of likely N-dealkylation sites (tertiary alicyclic amines) is 1. The number of H-pyrrole nitrogens is 1. The summed E-state index contributed by atoms with van der Waals surface area (Å²) in [5.74, 6) is 1.15. The smallest absolute Gasteiger partial charge is 0.251 e. The molecule has 0 aliphatic carbocycles. The maximum Gasteiger partial charge on any atom is 0.251 e. The Labute approximate surface area is 216 Å². The number of hydrogen-bond acceptors (Lipinski definition) is 4. The Balaban J connectivity index is 1.39. The number of fused-ring (bicyclic) bond motifs is 1. The van der Waals surface area contributed by atoms with Crippen molar-refractivity contribution in [3.05, 3.63) is 95.2 Å². The van der Waals surface area contributed by atoms with Crippen LogP contribution in [0.2, 0.25) is 0 Å². The molecule has 0 saturated carbocycles. The largest absolute Gasteiger partial charge is 0.493 e. The van der Waals surface area contributed by atoms with Crippen molar-refractivity contribution in [1.82, 2.24) is 15.2 Å². The first-order chi connectivity index (χ1) is 18.1. The molecule has 3 aromatic carbocycles. The summed E-state index contributed by atoms with van der Waals surface area (Å²) in [5.41, 5.74) is 4.62. The Bertz CT molecular complexity index is 1410. The molecule has 1 fully saturated rings. The predicted molar refractivity (Wildman–Crippen MR) is 143 cm³/mol. The number of para-hydroxylation sites is 2. The van der Waals surface area contributed by atoms with Crippen molar-refractivity contribution in [3.63, 3.8) is 0 Å². The summed E-state index contributed by atoms with van der Waals surface area (Å²) < 4.78 is 11.3. The van der Waals surface area contributed by atoms with E-state index in [1.165, 1.54) is 0 Å². The van der Waals surface area contributed by atoms with E-state index >= 15 is 0 Å². The Hall–Kier alpha value is -4.26. The second-order valence-corrected chi connectivity index (χ2v) is 9.25. The van der Waals surface area contributed by atoms with Crippen LogP contribution in [-0.4, -0.2) is 49.0 Å². The van der Waals surface area contributed by atoms with Gasteiger partial charge in [-0.05, 0) is 41.8 Å². The highest BCUT2D eigenvalue weighted by Crippen LogP contribution is 2.40. The number of hydrogen-bond donors (Lipinski definition) is 2. The highest BCUT2D eigenvalue weighted by Gasteiger charge is 2.25. The number of carbonyl (C=O) groups is 2. The number of rotatable bonds is 9. The average Bonchev–Trinajstić information content (AvgIpc) is 3.55. The molecule has 0 spiro atoms. The first-order valence-corrected chi connectivity index (χ1v) is 12.5. The molecule has 7 nitrogen and oxygen atoms in total. The zero-order valence-electron chi connectivity index (χ0n) is 21.1. The molecule has 2 amide bonds. The minimum absolute atomic E-state index is 0.157. The Morgan fingerprint density at radius 3 is 2.54 bits per heavy atom. The van der Waals surface area contributed by atoms with Crippen LogP contribution in [0.1, 0.15) is 45.8 Å². The molecule has 2 N–H and O–H groups in total. The van der Waals surface area contributed by atoms with Gasteiger partial charge in [-0.1, -0.05) is 42.5 Å². The summed E-state index contributed by atoms with van der Waals surface area (Å²) in [6.07, 6.45) is 3.53. The van der Waals surface area contributed by atoms with Crippen molar-refractivity contribution in [2.45, 2.75) is 25.3 Å². The van der Waals surface area contributed by atoms with Crippen molar-refractivity contribution in [2.24, 2.45) is 0 Å². The lowest BCUT2D eigenvalue weighted by Crippen LogP contribution is -2.29. The molecule has 1 atom stereocenters. The third-order valence-electron chi connectivity index (χ3n) is 7.03. The van der Waals surface area contributed by atoms with Crippen molar-refractivity contribution in [2.75, 3.05) is 27.3 Å². The number of aromatic nitrogens is 1. The fourth-order valence-electron chi connectivity index (χ4n) is 5.11. The van der Waals surface area contributed by atoms with Crippen LogP contribution < -0.4 is 14.8 Å². The molecule has 1 aliphatic rings. The second kappa shape index (κ2) is 10.8. The average molecular weight is 498 g/mol. The third kappa shape index (κ3) is 5.03. The topological polar surface area (TPSA) is 83.7 Å². The van der Waals surface area contributed by atoms with Crippen LogP contribution in [0.15, 0.2) is 72.9 Å². The number of methoxy groups -OCH3 is 2. The standard InChI is InChI=1S/C30H31N3O4/c1-36-27-10-5-8-23(29(27)37-2)25(24-17-31-26-9-4-3-7-22(24)26)18-32-30(35)21-14-12-20(13-15-21)19-33-16-6-11-28(33)34/h3-5,7-10,12-15,17,25,31H,6,11,16,18-19H2,1-2H3,(H,32,35). The molecule has 1 aromatic heterocycles. The minimum Gasteiger partial charge on any atom is -0.493 e. The fourth-order valence-corrected chi connectivity index (χ4v) is 5.11. The van der Waals surface area contributed by atoms with E-state index < -0.39 is 0 Å². The number of aromatic amines is 1. The van der Waals surface area contributed by atoms with Crippen LogP contribution in [-0.2, 0) is 11.3 Å². The predicted octanol–water partition coefficient (Wildman–Crippen LogP) is 4.87. The molecule has 1 saturated heterocycles. The van der Waals surface area contributed by atoms with Gasteiger partial charge in [-0.3, -0.25) is 9.59 Å². The van der Waals surface area contributed by atoms with E-state index in [9.17, 15) is 9.59 Å². The summed E-state index contributed by atoms with van der Waals surface area (Å²) in [6.45, 7) is 1.75. The second-order valence-electron chi connectivity index (χ2n) is 9.25. The van der Waals surface area contributed by atoms with E-state index in [0.717, 1.165) is 40.6 Å². The van der Waals surface area contributed by atoms with E-state index in [-0.39, 0.29) is 17.7 Å². The van der Waals surface area contributed by atoms with Crippen LogP contribution in [0.3, 0.4) is 0 Å². The highest BCUT2D eigenvalue weighted by atomic mass is 16.5. The molecule has 0 radical (unpaired) electrons. The number of benzene rings is 3. The summed E-state index contributed by atoms with van der Waals surface area (Å²) in [4.78, 5) is 30.3. The van der Waals surface area contributed by atoms with Gasteiger partial charge in [0.15, 0.2) is 11.5 Å². The van der Waals surface area contributed by atoms with Gasteiger partial charge in [0, 0.05) is 60.2 Å². The van der Waals surface area contributed by atoms with E-state index in [1.807, 2.05) is 71.8 Å². The SMILES string of the molecule is COc1cccc(C(CNC(=O)c2ccc(CN3CCCC3=O)cc2)c2c[nH]c3ccccc23)c1OC. The Morgan fingerprint density at radius 1 is 1.00 bits per heavy atom. The minimum atomic E-state index is -0.175. The van der Waals surface area contributed by atoms with Crippen LogP contribution in [0.4, 0.5) is 0 Å². The van der Waals surface area contributed by atoms with Gasteiger partial charge in [0.25, 0.3) is 5.91 Å². The molecular weight excluding hydrogens is 466 g/mol. The number of amides is 2. The molecule has 190 valence electrons. The molecule has 5 rings (SSSR count). The fraction of sp³-hybridized carbons (Fsp3) is 0.267. The van der Waals surface area contributed by atoms with Gasteiger partial charge in [-0.15, -0.1) is 0 Å². The molecule has 2 heterocycles. The monoisotopic (exact) mass is 497 g/mol. The van der Waals surface area contributed by atoms with E-state index in [0.29, 0.717) is 36.6 Å². The van der Waals surface area contributed by atoms with Gasteiger partial charge in [-0.25, -0.2) is 0 Å². The van der Waals surface area contributed by atoms with Gasteiger partial charge in [0.1, 0.15) is 0 Å². The highest BCUT2D eigenvalue weighted by molar-refractivity contribution is 5.94. The first-order valence-electron chi connectivity index (χ1n) is 12.5. The van der Waals surface area contributed by atoms with Gasteiger partial charge in [-0.2, -0.15) is 0 Å². The van der Waals surface area contributed by atoms with E-state index in [2.05, 4.69) is 16.4 Å².